The van der Waals surface area contributed by atoms with Crippen molar-refractivity contribution in [2.24, 2.45) is 11.8 Å². The van der Waals surface area contributed by atoms with Crippen molar-refractivity contribution in [2.45, 2.75) is 43.5 Å². The molecule has 2 fully saturated rings. The maximum absolute atomic E-state index is 13.4. The Kier molecular flexibility index (Phi) is 5.58. The number of carbonyl (C=O) groups is 1. The molecule has 7 heteroatoms. The minimum atomic E-state index is -3.91. The highest BCUT2D eigenvalue weighted by Crippen LogP contribution is 2.44. The number of hydrogen-bond acceptors (Lipinski definition) is 3. The molecule has 0 spiro atoms. The molecule has 0 heterocycles. The molecule has 2 aromatic rings. The number of anilines is 1. The van der Waals surface area contributed by atoms with Crippen LogP contribution in [0.15, 0.2) is 53.4 Å². The van der Waals surface area contributed by atoms with Crippen LogP contribution < -0.4 is 9.62 Å². The van der Waals surface area contributed by atoms with Gasteiger partial charge in [0.15, 0.2) is 0 Å². The van der Waals surface area contributed by atoms with Crippen LogP contribution in [-0.2, 0) is 14.8 Å². The van der Waals surface area contributed by atoms with E-state index >= 15 is 0 Å². The van der Waals surface area contributed by atoms with Gasteiger partial charge in [-0.1, -0.05) is 41.8 Å². The average Bonchev–Trinajstić information content (AvgIpc) is 3.29. The number of carbonyl (C=O) groups excluding carboxylic acids is 1. The smallest absolute Gasteiger partial charge is 0.264 e. The highest BCUT2D eigenvalue weighted by Gasteiger charge is 2.40. The topological polar surface area (TPSA) is 66.5 Å². The SMILES string of the molecule is Cc1ccc(S(=O)(=O)N(CC(=O)N[C@H]2C[C@@H]3CC[C@@H]2C3)c2cccc(Cl)c2)cc1. The lowest BCUT2D eigenvalue weighted by Crippen LogP contribution is -2.46. The Hall–Kier alpha value is -2.05. The molecule has 5 nitrogen and oxygen atoms in total. The van der Waals surface area contributed by atoms with Crippen molar-refractivity contribution in [3.63, 3.8) is 0 Å². The van der Waals surface area contributed by atoms with Crippen LogP contribution in [0.2, 0.25) is 5.02 Å². The van der Waals surface area contributed by atoms with Crippen molar-refractivity contribution in [2.75, 3.05) is 10.8 Å². The normalized spacial score (nSPS) is 23.2. The Morgan fingerprint density at radius 2 is 1.90 bits per heavy atom. The second-order valence-electron chi connectivity index (χ2n) is 8.15. The van der Waals surface area contributed by atoms with Gasteiger partial charge in [-0.15, -0.1) is 0 Å². The summed E-state index contributed by atoms with van der Waals surface area (Å²) in [5, 5.41) is 3.50. The molecule has 154 valence electrons. The lowest BCUT2D eigenvalue weighted by Gasteiger charge is -2.27. The maximum Gasteiger partial charge on any atom is 0.264 e. The van der Waals surface area contributed by atoms with E-state index in [2.05, 4.69) is 5.32 Å². The third-order valence-corrected chi connectivity index (χ3v) is 8.10. The van der Waals surface area contributed by atoms with E-state index in [0.29, 0.717) is 22.5 Å². The molecule has 2 aliphatic rings. The van der Waals surface area contributed by atoms with E-state index in [4.69, 9.17) is 11.6 Å². The number of aryl methyl sites for hydroxylation is 1. The number of amides is 1. The highest BCUT2D eigenvalue weighted by atomic mass is 35.5. The number of benzene rings is 2. The molecule has 0 aliphatic heterocycles. The highest BCUT2D eigenvalue weighted by molar-refractivity contribution is 7.92. The minimum Gasteiger partial charge on any atom is -0.352 e. The first-order valence-electron chi connectivity index (χ1n) is 9.97. The molecule has 1 amide bonds. The summed E-state index contributed by atoms with van der Waals surface area (Å²) in [6.45, 7) is 1.62. The molecule has 2 bridgehead atoms. The zero-order valence-corrected chi connectivity index (χ0v) is 17.9. The summed E-state index contributed by atoms with van der Waals surface area (Å²) >= 11 is 6.10. The number of nitrogens with one attached hydrogen (secondary N) is 1. The van der Waals surface area contributed by atoms with Gasteiger partial charge < -0.3 is 5.32 Å². The summed E-state index contributed by atoms with van der Waals surface area (Å²) in [5.74, 6) is 0.945. The fourth-order valence-corrected chi connectivity index (χ4v) is 6.19. The van der Waals surface area contributed by atoms with Crippen molar-refractivity contribution in [3.8, 4) is 0 Å². The number of sulfonamides is 1. The standard InChI is InChI=1S/C22H25ClN2O3S/c1-15-5-9-20(10-6-15)29(27,28)25(19-4-2-3-18(23)13-19)14-22(26)24-21-12-16-7-8-17(21)11-16/h2-6,9-10,13,16-17,21H,7-8,11-12,14H2,1H3,(H,24,26)/t16-,17-,21+/m1/s1. The molecule has 2 saturated carbocycles. The summed E-state index contributed by atoms with van der Waals surface area (Å²) in [7, 11) is -3.91. The van der Waals surface area contributed by atoms with Gasteiger partial charge in [0.25, 0.3) is 10.0 Å². The van der Waals surface area contributed by atoms with Gasteiger partial charge in [0, 0.05) is 11.1 Å². The largest absolute Gasteiger partial charge is 0.352 e. The van der Waals surface area contributed by atoms with Gasteiger partial charge >= 0.3 is 0 Å². The van der Waals surface area contributed by atoms with Crippen LogP contribution in [-0.4, -0.2) is 26.9 Å². The summed E-state index contributed by atoms with van der Waals surface area (Å²) in [4.78, 5) is 13.0. The lowest BCUT2D eigenvalue weighted by atomic mass is 9.95. The summed E-state index contributed by atoms with van der Waals surface area (Å²) in [6.07, 6.45) is 4.56. The van der Waals surface area contributed by atoms with Crippen LogP contribution in [0.1, 0.15) is 31.2 Å². The zero-order valence-electron chi connectivity index (χ0n) is 16.3. The first-order valence-corrected chi connectivity index (χ1v) is 11.8. The fourth-order valence-electron chi connectivity index (χ4n) is 4.59. The molecule has 0 saturated heterocycles. The van der Waals surface area contributed by atoms with E-state index in [1.807, 2.05) is 6.92 Å². The van der Waals surface area contributed by atoms with Crippen molar-refractivity contribution >= 4 is 33.2 Å². The second-order valence-corrected chi connectivity index (χ2v) is 10.5. The quantitative estimate of drug-likeness (QED) is 0.745. The number of halogens is 1. The van der Waals surface area contributed by atoms with E-state index in [0.717, 1.165) is 22.7 Å². The van der Waals surface area contributed by atoms with Crippen LogP contribution in [0.4, 0.5) is 5.69 Å². The van der Waals surface area contributed by atoms with Crippen molar-refractivity contribution in [1.82, 2.24) is 5.32 Å². The van der Waals surface area contributed by atoms with Crippen molar-refractivity contribution in [1.29, 1.82) is 0 Å². The van der Waals surface area contributed by atoms with Crippen LogP contribution in [0.3, 0.4) is 0 Å². The molecule has 0 radical (unpaired) electrons. The Labute approximate surface area is 177 Å². The summed E-state index contributed by atoms with van der Waals surface area (Å²) in [5.41, 5.74) is 1.34. The summed E-state index contributed by atoms with van der Waals surface area (Å²) in [6, 6.07) is 13.4. The number of fused-ring (bicyclic) bond motifs is 2. The molecule has 2 aromatic carbocycles. The second kappa shape index (κ2) is 8.00. The van der Waals surface area contributed by atoms with Gasteiger partial charge in [0.1, 0.15) is 6.54 Å². The van der Waals surface area contributed by atoms with Gasteiger partial charge in [-0.2, -0.15) is 0 Å². The first-order chi connectivity index (χ1) is 13.8. The predicted octanol–water partition coefficient (Wildman–Crippen LogP) is 4.15. The summed E-state index contributed by atoms with van der Waals surface area (Å²) < 4.78 is 27.9. The Balaban J connectivity index is 1.60. The first kappa shape index (κ1) is 20.2. The van der Waals surface area contributed by atoms with Crippen LogP contribution in [0.25, 0.3) is 0 Å². The van der Waals surface area contributed by atoms with E-state index in [1.54, 1.807) is 48.5 Å². The number of nitrogens with zero attached hydrogens (tertiary/aromatic N) is 1. The third-order valence-electron chi connectivity index (χ3n) is 6.08. The fraction of sp³-hybridized carbons (Fsp3) is 0.409. The molecule has 0 unspecified atom stereocenters. The van der Waals surface area contributed by atoms with Gasteiger partial charge in [-0.05, 0) is 68.4 Å². The van der Waals surface area contributed by atoms with E-state index < -0.39 is 10.0 Å². The van der Waals surface area contributed by atoms with Gasteiger partial charge in [-0.3, -0.25) is 9.10 Å². The van der Waals surface area contributed by atoms with Crippen molar-refractivity contribution in [3.05, 3.63) is 59.1 Å². The monoisotopic (exact) mass is 432 g/mol. The van der Waals surface area contributed by atoms with Crippen LogP contribution >= 0.6 is 11.6 Å². The third kappa shape index (κ3) is 4.28. The van der Waals surface area contributed by atoms with Crippen LogP contribution in [0.5, 0.6) is 0 Å². The lowest BCUT2D eigenvalue weighted by molar-refractivity contribution is -0.120. The molecule has 1 N–H and O–H groups in total. The van der Waals surface area contributed by atoms with E-state index in [1.165, 1.54) is 12.8 Å². The Morgan fingerprint density at radius 3 is 2.52 bits per heavy atom. The van der Waals surface area contributed by atoms with Crippen molar-refractivity contribution < 1.29 is 13.2 Å². The molecule has 29 heavy (non-hydrogen) atoms. The average molecular weight is 433 g/mol. The van der Waals surface area contributed by atoms with E-state index in [-0.39, 0.29) is 23.4 Å². The molecule has 2 aliphatic carbocycles. The maximum atomic E-state index is 13.4. The van der Waals surface area contributed by atoms with Gasteiger partial charge in [0.2, 0.25) is 5.91 Å². The molecular formula is C22H25ClN2O3S. The Bertz CT molecular complexity index is 1010. The predicted molar refractivity (Wildman–Crippen MR) is 115 cm³/mol. The van der Waals surface area contributed by atoms with Crippen LogP contribution in [0, 0.1) is 18.8 Å². The molecule has 0 aromatic heterocycles. The van der Waals surface area contributed by atoms with E-state index in [9.17, 15) is 13.2 Å². The van der Waals surface area contributed by atoms with Gasteiger partial charge in [0.05, 0.1) is 10.6 Å². The van der Waals surface area contributed by atoms with Gasteiger partial charge in [-0.25, -0.2) is 8.42 Å². The number of rotatable bonds is 6. The zero-order chi connectivity index (χ0) is 20.6. The Morgan fingerprint density at radius 1 is 1.14 bits per heavy atom. The molecular weight excluding hydrogens is 408 g/mol. The minimum absolute atomic E-state index is 0.149. The number of hydrogen-bond donors (Lipinski definition) is 1. The molecule has 3 atom stereocenters. The molecule has 4 rings (SSSR count).